The first-order valence-electron chi connectivity index (χ1n) is 4.50. The van der Waals surface area contributed by atoms with Crippen LogP contribution in [0.3, 0.4) is 0 Å². The van der Waals surface area contributed by atoms with E-state index in [-0.39, 0.29) is 5.82 Å². The van der Waals surface area contributed by atoms with Crippen molar-refractivity contribution in [1.82, 2.24) is 14.8 Å². The summed E-state index contributed by atoms with van der Waals surface area (Å²) in [6.45, 7) is 2.07. The Kier molecular flexibility index (Phi) is 3.31. The van der Waals surface area contributed by atoms with E-state index in [1.165, 1.54) is 6.07 Å². The zero-order valence-electron chi connectivity index (χ0n) is 8.37. The minimum Gasteiger partial charge on any atom is -0.355 e. The Hall–Kier alpha value is -1.27. The lowest BCUT2D eigenvalue weighted by Gasteiger charge is -2.06. The Labute approximate surface area is 101 Å². The summed E-state index contributed by atoms with van der Waals surface area (Å²) >= 11 is 7.12. The van der Waals surface area contributed by atoms with Crippen molar-refractivity contribution in [2.45, 2.75) is 13.5 Å². The van der Waals surface area contributed by atoms with Gasteiger partial charge >= 0.3 is 0 Å². The van der Waals surface area contributed by atoms with Crippen molar-refractivity contribution in [3.8, 4) is 0 Å². The molecule has 1 heterocycles. The van der Waals surface area contributed by atoms with Gasteiger partial charge in [-0.15, -0.1) is 0 Å². The highest BCUT2D eigenvalue weighted by molar-refractivity contribution is 7.09. The lowest BCUT2D eigenvalue weighted by atomic mass is 10.1. The lowest BCUT2D eigenvalue weighted by molar-refractivity contribution is 0.616. The average Bonchev–Trinajstić information content (AvgIpc) is 2.74. The molecule has 0 aliphatic carbocycles. The van der Waals surface area contributed by atoms with Crippen molar-refractivity contribution >= 4 is 28.3 Å². The van der Waals surface area contributed by atoms with E-state index in [1.807, 2.05) is 0 Å². The summed E-state index contributed by atoms with van der Waals surface area (Å²) in [5.41, 5.74) is 1.21. The van der Waals surface area contributed by atoms with Gasteiger partial charge in [-0.3, -0.25) is 0 Å². The summed E-state index contributed by atoms with van der Waals surface area (Å²) in [7, 11) is 0. The molecule has 0 atom stereocenters. The number of rotatable bonds is 3. The zero-order valence-corrected chi connectivity index (χ0v) is 9.94. The van der Waals surface area contributed by atoms with Gasteiger partial charge < -0.3 is 5.32 Å². The van der Waals surface area contributed by atoms with E-state index < -0.39 is 0 Å². The van der Waals surface area contributed by atoms with Crippen LogP contribution in [0.2, 0.25) is 5.02 Å². The summed E-state index contributed by atoms with van der Waals surface area (Å²) in [4.78, 5) is 0. The molecule has 16 heavy (non-hydrogen) atoms. The first-order valence-corrected chi connectivity index (χ1v) is 5.65. The smallest absolute Gasteiger partial charge is 0.225 e. The van der Waals surface area contributed by atoms with Crippen LogP contribution in [0.15, 0.2) is 12.1 Å². The SMILES string of the molecule is Cc1cc(Cl)c(CNc2nnns2)cc1F. The second kappa shape index (κ2) is 4.71. The van der Waals surface area contributed by atoms with Crippen LogP contribution in [0.1, 0.15) is 11.1 Å². The predicted molar refractivity (Wildman–Crippen MR) is 61.2 cm³/mol. The van der Waals surface area contributed by atoms with Gasteiger partial charge in [0.1, 0.15) is 5.82 Å². The molecule has 0 amide bonds. The molecule has 0 unspecified atom stereocenters. The van der Waals surface area contributed by atoms with Crippen molar-refractivity contribution in [1.29, 1.82) is 0 Å². The number of aromatic nitrogens is 3. The molecule has 0 saturated heterocycles. The van der Waals surface area contributed by atoms with Gasteiger partial charge in [-0.2, -0.15) is 0 Å². The van der Waals surface area contributed by atoms with E-state index in [0.29, 0.717) is 27.8 Å². The number of hydrogen-bond donors (Lipinski definition) is 1. The van der Waals surface area contributed by atoms with E-state index in [0.717, 1.165) is 11.5 Å². The molecule has 1 aromatic heterocycles. The van der Waals surface area contributed by atoms with Crippen molar-refractivity contribution in [2.24, 2.45) is 0 Å². The van der Waals surface area contributed by atoms with Crippen molar-refractivity contribution < 1.29 is 4.39 Å². The summed E-state index contributed by atoms with van der Waals surface area (Å²) in [5, 5.41) is 11.2. The number of hydrogen-bond acceptors (Lipinski definition) is 5. The number of benzene rings is 1. The van der Waals surface area contributed by atoms with E-state index in [9.17, 15) is 4.39 Å². The van der Waals surface area contributed by atoms with Gasteiger partial charge in [0.2, 0.25) is 5.13 Å². The van der Waals surface area contributed by atoms with Crippen LogP contribution in [-0.4, -0.2) is 14.8 Å². The molecule has 1 aromatic carbocycles. The Morgan fingerprint density at radius 1 is 1.50 bits per heavy atom. The zero-order chi connectivity index (χ0) is 11.5. The van der Waals surface area contributed by atoms with Gasteiger partial charge in [0, 0.05) is 23.1 Å². The second-order valence-corrected chi connectivity index (χ2v) is 4.35. The van der Waals surface area contributed by atoms with Crippen LogP contribution in [0.25, 0.3) is 0 Å². The highest BCUT2D eigenvalue weighted by Gasteiger charge is 2.06. The first-order chi connectivity index (χ1) is 7.66. The van der Waals surface area contributed by atoms with Gasteiger partial charge in [0.15, 0.2) is 0 Å². The summed E-state index contributed by atoms with van der Waals surface area (Å²) < 4.78 is 16.9. The van der Waals surface area contributed by atoms with Crippen LogP contribution in [0, 0.1) is 12.7 Å². The van der Waals surface area contributed by atoms with Crippen LogP contribution >= 0.6 is 23.1 Å². The molecule has 2 rings (SSSR count). The Balaban J connectivity index is 2.12. The maximum atomic E-state index is 13.3. The third-order valence-corrected chi connectivity index (χ3v) is 2.96. The monoisotopic (exact) mass is 258 g/mol. The summed E-state index contributed by atoms with van der Waals surface area (Å²) in [5.74, 6) is -0.267. The fourth-order valence-electron chi connectivity index (χ4n) is 1.20. The normalized spacial score (nSPS) is 10.4. The molecule has 1 N–H and O–H groups in total. The maximum absolute atomic E-state index is 13.3. The van der Waals surface area contributed by atoms with Crippen LogP contribution in [0.5, 0.6) is 0 Å². The van der Waals surface area contributed by atoms with Crippen LogP contribution in [-0.2, 0) is 6.54 Å². The molecule has 4 nitrogen and oxygen atoms in total. The minimum absolute atomic E-state index is 0.267. The van der Waals surface area contributed by atoms with Crippen molar-refractivity contribution in [3.63, 3.8) is 0 Å². The van der Waals surface area contributed by atoms with Crippen LogP contribution in [0.4, 0.5) is 9.52 Å². The number of aryl methyl sites for hydroxylation is 1. The molecule has 7 heteroatoms. The van der Waals surface area contributed by atoms with Crippen molar-refractivity contribution in [2.75, 3.05) is 5.32 Å². The molecular weight excluding hydrogens is 251 g/mol. The second-order valence-electron chi connectivity index (χ2n) is 3.21. The Morgan fingerprint density at radius 2 is 2.31 bits per heavy atom. The third-order valence-electron chi connectivity index (χ3n) is 2.06. The molecule has 2 aromatic rings. The molecule has 0 aliphatic heterocycles. The summed E-state index contributed by atoms with van der Waals surface area (Å²) in [6.07, 6.45) is 0. The lowest BCUT2D eigenvalue weighted by Crippen LogP contribution is -2.01. The van der Waals surface area contributed by atoms with Gasteiger partial charge in [0.05, 0.1) is 0 Å². The third kappa shape index (κ3) is 2.45. The highest BCUT2D eigenvalue weighted by Crippen LogP contribution is 2.21. The number of nitrogens with zero attached hydrogens (tertiary/aromatic N) is 3. The number of nitrogens with one attached hydrogen (secondary N) is 1. The van der Waals surface area contributed by atoms with Gasteiger partial charge in [0.25, 0.3) is 0 Å². The van der Waals surface area contributed by atoms with Crippen LogP contribution < -0.4 is 5.32 Å². The van der Waals surface area contributed by atoms with E-state index in [2.05, 4.69) is 20.1 Å². The van der Waals surface area contributed by atoms with E-state index in [1.54, 1.807) is 13.0 Å². The van der Waals surface area contributed by atoms with E-state index >= 15 is 0 Å². The Bertz CT molecular complexity index is 489. The molecule has 0 saturated carbocycles. The quantitative estimate of drug-likeness (QED) is 0.920. The van der Waals surface area contributed by atoms with Crippen molar-refractivity contribution in [3.05, 3.63) is 34.1 Å². The molecule has 0 spiro atoms. The average molecular weight is 259 g/mol. The minimum atomic E-state index is -0.267. The number of anilines is 1. The summed E-state index contributed by atoms with van der Waals surface area (Å²) in [6, 6.07) is 3.02. The maximum Gasteiger partial charge on any atom is 0.225 e. The van der Waals surface area contributed by atoms with Gasteiger partial charge in [-0.05, 0) is 35.4 Å². The fraction of sp³-hybridized carbons (Fsp3) is 0.222. The standard InChI is InChI=1S/C9H8ClFN4S/c1-5-2-7(10)6(3-8(5)11)4-12-9-13-14-15-16-9/h2-3H,4H2,1H3,(H,12,13,15). The van der Waals surface area contributed by atoms with Gasteiger partial charge in [-0.25, -0.2) is 4.39 Å². The molecule has 0 bridgehead atoms. The Morgan fingerprint density at radius 3 is 3.00 bits per heavy atom. The molecule has 84 valence electrons. The predicted octanol–water partition coefficient (Wildman–Crippen LogP) is 2.65. The van der Waals surface area contributed by atoms with Gasteiger partial charge in [-0.1, -0.05) is 21.2 Å². The highest BCUT2D eigenvalue weighted by atomic mass is 35.5. The first kappa shape index (κ1) is 11.2. The fourth-order valence-corrected chi connectivity index (χ4v) is 1.84. The number of halogens is 2. The molecule has 0 fully saturated rings. The molecule has 0 aliphatic rings. The topological polar surface area (TPSA) is 50.7 Å². The largest absolute Gasteiger partial charge is 0.355 e. The van der Waals surface area contributed by atoms with E-state index in [4.69, 9.17) is 11.6 Å². The molecular formula is C9H8ClFN4S. The molecule has 0 radical (unpaired) electrons.